The number of nitro groups is 1. The van der Waals surface area contributed by atoms with Crippen LogP contribution in [0.3, 0.4) is 0 Å². The number of nitrogens with zero attached hydrogens (tertiary/aromatic N) is 1. The van der Waals surface area contributed by atoms with E-state index in [0.717, 1.165) is 0 Å². The summed E-state index contributed by atoms with van der Waals surface area (Å²) in [6.07, 6.45) is 0.250. The normalized spacial score (nSPS) is 21.5. The molecule has 0 saturated heterocycles. The Bertz CT molecular complexity index is 780. The van der Waals surface area contributed by atoms with Crippen molar-refractivity contribution < 1.29 is 9.72 Å². The number of rotatable bonds is 4. The van der Waals surface area contributed by atoms with Gasteiger partial charge < -0.3 is 5.32 Å². The topological polar surface area (TPSA) is 72.2 Å². The molecule has 2 aromatic rings. The number of alkyl halides is 2. The van der Waals surface area contributed by atoms with E-state index in [-0.39, 0.29) is 17.8 Å². The third-order valence-electron chi connectivity index (χ3n) is 3.99. The molecular weight excluding hydrogens is 339 g/mol. The Morgan fingerprint density at radius 3 is 2.22 bits per heavy atom. The van der Waals surface area contributed by atoms with Gasteiger partial charge in [-0.05, 0) is 11.6 Å². The molecule has 0 aromatic heterocycles. The first kappa shape index (κ1) is 15.8. The molecule has 1 fully saturated rings. The molecule has 1 aliphatic carbocycles. The summed E-state index contributed by atoms with van der Waals surface area (Å²) in [5, 5.41) is 13.7. The Hall–Kier alpha value is -2.11. The first-order valence-electron chi connectivity index (χ1n) is 6.87. The molecular formula is C16H12Cl2N2O3. The minimum atomic E-state index is -1.23. The maximum atomic E-state index is 12.8. The smallest absolute Gasteiger partial charge is 0.292 e. The Kier molecular flexibility index (Phi) is 3.78. The molecule has 5 nitrogen and oxygen atoms in total. The van der Waals surface area contributed by atoms with E-state index in [4.69, 9.17) is 23.2 Å². The summed E-state index contributed by atoms with van der Waals surface area (Å²) >= 11 is 12.5. The third-order valence-corrected chi connectivity index (χ3v) is 4.90. The van der Waals surface area contributed by atoms with E-state index in [1.165, 1.54) is 18.2 Å². The van der Waals surface area contributed by atoms with E-state index in [2.05, 4.69) is 5.32 Å². The highest BCUT2D eigenvalue weighted by Gasteiger charge is 2.72. The third kappa shape index (κ3) is 2.56. The SMILES string of the molecule is O=C(Nc1ccccc1[N+](=O)[O-])[C@]1(c2ccccc2)CC1(Cl)Cl. The van der Waals surface area contributed by atoms with Crippen LogP contribution in [-0.2, 0) is 10.2 Å². The van der Waals surface area contributed by atoms with Crippen molar-refractivity contribution in [3.8, 4) is 0 Å². The summed E-state index contributed by atoms with van der Waals surface area (Å²) in [5.74, 6) is -0.456. The number of benzene rings is 2. The van der Waals surface area contributed by atoms with Gasteiger partial charge in [0.05, 0.1) is 4.92 Å². The van der Waals surface area contributed by atoms with Gasteiger partial charge in [-0.25, -0.2) is 0 Å². The van der Waals surface area contributed by atoms with Crippen LogP contribution in [0, 0.1) is 10.1 Å². The molecule has 118 valence electrons. The van der Waals surface area contributed by atoms with Crippen molar-refractivity contribution >= 4 is 40.5 Å². The number of carbonyl (C=O) groups is 1. The van der Waals surface area contributed by atoms with Crippen molar-refractivity contribution in [2.24, 2.45) is 0 Å². The molecule has 1 saturated carbocycles. The van der Waals surface area contributed by atoms with Gasteiger partial charge in [-0.3, -0.25) is 14.9 Å². The second kappa shape index (κ2) is 5.51. The highest BCUT2D eigenvalue weighted by atomic mass is 35.5. The summed E-state index contributed by atoms with van der Waals surface area (Å²) in [5.41, 5.74) is -0.490. The summed E-state index contributed by atoms with van der Waals surface area (Å²) in [7, 11) is 0. The standard InChI is InChI=1S/C16H12Cl2N2O3/c17-16(18)10-15(16,11-6-2-1-3-7-11)14(21)19-12-8-4-5-9-13(12)20(22)23/h1-9H,10H2,(H,19,21)/t15-/m1/s1. The quantitative estimate of drug-likeness (QED) is 0.513. The van der Waals surface area contributed by atoms with Crippen LogP contribution in [0.25, 0.3) is 0 Å². The Balaban J connectivity index is 1.96. The largest absolute Gasteiger partial charge is 0.319 e. The lowest BCUT2D eigenvalue weighted by atomic mass is 9.94. The van der Waals surface area contributed by atoms with Crippen LogP contribution in [-0.4, -0.2) is 15.2 Å². The minimum Gasteiger partial charge on any atom is -0.319 e. The van der Waals surface area contributed by atoms with Crippen molar-refractivity contribution in [1.82, 2.24) is 0 Å². The zero-order valence-electron chi connectivity index (χ0n) is 11.8. The molecule has 0 aliphatic heterocycles. The maximum Gasteiger partial charge on any atom is 0.292 e. The molecule has 1 amide bonds. The van der Waals surface area contributed by atoms with Crippen LogP contribution < -0.4 is 5.32 Å². The minimum absolute atomic E-state index is 0.119. The second-order valence-corrected chi connectivity index (χ2v) is 6.86. The van der Waals surface area contributed by atoms with Crippen LogP contribution in [0.5, 0.6) is 0 Å². The monoisotopic (exact) mass is 350 g/mol. The predicted molar refractivity (Wildman–Crippen MR) is 88.9 cm³/mol. The summed E-state index contributed by atoms with van der Waals surface area (Å²) in [6.45, 7) is 0. The molecule has 2 aromatic carbocycles. The lowest BCUT2D eigenvalue weighted by molar-refractivity contribution is -0.383. The average molecular weight is 351 g/mol. The van der Waals surface area contributed by atoms with Gasteiger partial charge in [-0.2, -0.15) is 0 Å². The fraction of sp³-hybridized carbons (Fsp3) is 0.188. The van der Waals surface area contributed by atoms with Crippen molar-refractivity contribution in [2.75, 3.05) is 5.32 Å². The van der Waals surface area contributed by atoms with Crippen molar-refractivity contribution in [3.63, 3.8) is 0 Å². The van der Waals surface area contributed by atoms with E-state index >= 15 is 0 Å². The van der Waals surface area contributed by atoms with Gasteiger partial charge in [0.25, 0.3) is 5.69 Å². The molecule has 0 bridgehead atoms. The first-order valence-corrected chi connectivity index (χ1v) is 7.62. The van der Waals surface area contributed by atoms with E-state index in [1.807, 2.05) is 6.07 Å². The zero-order valence-corrected chi connectivity index (χ0v) is 13.3. The average Bonchev–Trinajstić information content (AvgIpc) is 3.12. The van der Waals surface area contributed by atoms with Crippen molar-refractivity contribution in [2.45, 2.75) is 16.2 Å². The number of amides is 1. The van der Waals surface area contributed by atoms with E-state index in [0.29, 0.717) is 5.56 Å². The number of hydrogen-bond acceptors (Lipinski definition) is 3. The van der Waals surface area contributed by atoms with E-state index in [9.17, 15) is 14.9 Å². The van der Waals surface area contributed by atoms with Crippen molar-refractivity contribution in [3.05, 3.63) is 70.3 Å². The molecule has 0 spiro atoms. The van der Waals surface area contributed by atoms with Crippen LogP contribution in [0.15, 0.2) is 54.6 Å². The number of anilines is 1. The van der Waals surface area contributed by atoms with Crippen LogP contribution in [0.4, 0.5) is 11.4 Å². The highest BCUT2D eigenvalue weighted by Crippen LogP contribution is 2.65. The summed E-state index contributed by atoms with van der Waals surface area (Å²) in [6, 6.07) is 14.9. The number of nitro benzene ring substituents is 1. The van der Waals surface area contributed by atoms with Gasteiger partial charge >= 0.3 is 0 Å². The number of halogens is 2. The molecule has 1 N–H and O–H groups in total. The molecule has 3 rings (SSSR count). The molecule has 0 unspecified atom stereocenters. The molecule has 1 atom stereocenters. The van der Waals surface area contributed by atoms with Crippen LogP contribution >= 0.6 is 23.2 Å². The fourth-order valence-corrected chi connectivity index (χ4v) is 3.46. The molecule has 7 heteroatoms. The van der Waals surface area contributed by atoms with Crippen LogP contribution in [0.1, 0.15) is 12.0 Å². The van der Waals surface area contributed by atoms with Crippen LogP contribution in [0.2, 0.25) is 0 Å². The Labute approximate surface area is 142 Å². The van der Waals surface area contributed by atoms with Gasteiger partial charge in [0.2, 0.25) is 5.91 Å². The van der Waals surface area contributed by atoms with Gasteiger partial charge in [0, 0.05) is 12.5 Å². The van der Waals surface area contributed by atoms with E-state index < -0.39 is 20.6 Å². The maximum absolute atomic E-state index is 12.8. The highest BCUT2D eigenvalue weighted by molar-refractivity contribution is 6.54. The number of hydrogen-bond donors (Lipinski definition) is 1. The van der Waals surface area contributed by atoms with Gasteiger partial charge in [0.15, 0.2) is 0 Å². The van der Waals surface area contributed by atoms with Gasteiger partial charge in [0.1, 0.15) is 15.4 Å². The second-order valence-electron chi connectivity index (χ2n) is 5.38. The summed E-state index contributed by atoms with van der Waals surface area (Å²) < 4.78 is -1.23. The first-order chi connectivity index (χ1) is 10.9. The Morgan fingerprint density at radius 2 is 1.65 bits per heavy atom. The lowest BCUT2D eigenvalue weighted by Crippen LogP contribution is -2.32. The van der Waals surface area contributed by atoms with Gasteiger partial charge in [-0.1, -0.05) is 42.5 Å². The number of nitrogens with one attached hydrogen (secondary N) is 1. The molecule has 0 heterocycles. The Morgan fingerprint density at radius 1 is 1.09 bits per heavy atom. The number of carbonyl (C=O) groups excluding carboxylic acids is 1. The number of para-hydroxylation sites is 2. The molecule has 0 radical (unpaired) electrons. The summed E-state index contributed by atoms with van der Waals surface area (Å²) in [4.78, 5) is 23.3. The van der Waals surface area contributed by atoms with Gasteiger partial charge in [-0.15, -0.1) is 23.2 Å². The fourth-order valence-electron chi connectivity index (χ4n) is 2.67. The molecule has 1 aliphatic rings. The zero-order chi connectivity index (χ0) is 16.7. The predicted octanol–water partition coefficient (Wildman–Crippen LogP) is 4.05. The van der Waals surface area contributed by atoms with Crippen molar-refractivity contribution in [1.29, 1.82) is 0 Å². The molecule has 23 heavy (non-hydrogen) atoms. The lowest BCUT2D eigenvalue weighted by Gasteiger charge is -2.18. The van der Waals surface area contributed by atoms with E-state index in [1.54, 1.807) is 30.3 Å².